The number of hydrogen-bond donors (Lipinski definition) is 2. The Morgan fingerprint density at radius 1 is 0.897 bits per heavy atom. The van der Waals surface area contributed by atoms with Crippen LogP contribution in [0, 0.1) is 17.8 Å². The van der Waals surface area contributed by atoms with Crippen LogP contribution in [0.1, 0.15) is 85.1 Å². The zero-order valence-electron chi connectivity index (χ0n) is 26.1. The fourth-order valence-electron chi connectivity index (χ4n) is 4.98. The lowest BCUT2D eigenvalue weighted by molar-refractivity contribution is 0.314. The Hall–Kier alpha value is -2.58. The quantitative estimate of drug-likeness (QED) is 0.187. The summed E-state index contributed by atoms with van der Waals surface area (Å²) in [5.41, 5.74) is 3.89. The largest absolute Gasteiger partial charge is 0.382 e. The number of likely N-dealkylation sites (N-methyl/N-ethyl adjacent to an activating group) is 1. The second kappa shape index (κ2) is 19.5. The number of nitrogens with one attached hydrogen (secondary N) is 2. The molecule has 2 heteroatoms. The highest BCUT2D eigenvalue weighted by atomic mass is 14.9. The molecule has 0 saturated carbocycles. The molecule has 2 rings (SSSR count). The molecule has 0 heterocycles. The van der Waals surface area contributed by atoms with Crippen molar-refractivity contribution in [3.63, 3.8) is 0 Å². The Morgan fingerprint density at radius 3 is 2.18 bits per heavy atom. The van der Waals surface area contributed by atoms with Gasteiger partial charge in [-0.15, -0.1) is 13.2 Å². The van der Waals surface area contributed by atoms with Crippen molar-refractivity contribution in [2.24, 2.45) is 17.8 Å². The number of hydrogen-bond acceptors (Lipinski definition) is 2. The van der Waals surface area contributed by atoms with Crippen LogP contribution in [0.25, 0.3) is 10.8 Å². The Kier molecular flexibility index (Phi) is 17.2. The zero-order chi connectivity index (χ0) is 29.2. The summed E-state index contributed by atoms with van der Waals surface area (Å²) in [6, 6.07) is 15.8. The third-order valence-electron chi connectivity index (χ3n) is 8.01. The van der Waals surface area contributed by atoms with E-state index in [0.717, 1.165) is 37.3 Å². The highest BCUT2D eigenvalue weighted by Gasteiger charge is 2.21. The van der Waals surface area contributed by atoms with Gasteiger partial charge in [-0.3, -0.25) is 0 Å². The van der Waals surface area contributed by atoms with Crippen molar-refractivity contribution < 1.29 is 0 Å². The maximum absolute atomic E-state index is 4.45. The molecule has 0 aliphatic carbocycles. The van der Waals surface area contributed by atoms with Crippen LogP contribution < -0.4 is 10.6 Å². The fourth-order valence-corrected chi connectivity index (χ4v) is 4.98. The van der Waals surface area contributed by atoms with Gasteiger partial charge in [0.2, 0.25) is 0 Å². The number of benzene rings is 2. The molecule has 2 aromatic rings. The fraction of sp³-hybridized carbons (Fsp3) is 0.514. The average molecular weight is 531 g/mol. The van der Waals surface area contributed by atoms with E-state index >= 15 is 0 Å². The molecule has 0 aromatic heterocycles. The van der Waals surface area contributed by atoms with Crippen LogP contribution in [0.2, 0.25) is 0 Å². The molecule has 0 aliphatic rings. The summed E-state index contributed by atoms with van der Waals surface area (Å²) in [6.07, 6.45) is 13.1. The number of allylic oxidation sites excluding steroid dienone is 2. The highest BCUT2D eigenvalue weighted by molar-refractivity contribution is 5.85. The van der Waals surface area contributed by atoms with Crippen molar-refractivity contribution in [1.29, 1.82) is 0 Å². The molecule has 2 nitrogen and oxygen atoms in total. The summed E-state index contributed by atoms with van der Waals surface area (Å²) < 4.78 is 0. The maximum Gasteiger partial charge on any atom is 0.0479 e. The first-order valence-electron chi connectivity index (χ1n) is 15.2. The molecule has 0 spiro atoms. The van der Waals surface area contributed by atoms with Gasteiger partial charge in [0.05, 0.1) is 0 Å². The third-order valence-corrected chi connectivity index (χ3v) is 8.01. The second-order valence-electron chi connectivity index (χ2n) is 11.5. The van der Waals surface area contributed by atoms with Crippen LogP contribution in [0.5, 0.6) is 0 Å². The molecule has 2 N–H and O–H groups in total. The van der Waals surface area contributed by atoms with Crippen molar-refractivity contribution in [1.82, 2.24) is 10.6 Å². The summed E-state index contributed by atoms with van der Waals surface area (Å²) in [5, 5.41) is 9.32. The van der Waals surface area contributed by atoms with Crippen molar-refractivity contribution >= 4 is 10.8 Å². The summed E-state index contributed by atoms with van der Waals surface area (Å²) in [5.74, 6) is 1.99. The minimum absolute atomic E-state index is 0.179. The molecule has 39 heavy (non-hydrogen) atoms. The first-order valence-corrected chi connectivity index (χ1v) is 15.2. The van der Waals surface area contributed by atoms with Crippen molar-refractivity contribution in [2.45, 2.75) is 98.1 Å². The Bertz CT molecular complexity index is 998. The van der Waals surface area contributed by atoms with Crippen LogP contribution in [0.15, 0.2) is 92.2 Å². The third kappa shape index (κ3) is 13.4. The minimum Gasteiger partial charge on any atom is -0.382 e. The highest BCUT2D eigenvalue weighted by Crippen LogP contribution is 2.31. The lowest BCUT2D eigenvalue weighted by Gasteiger charge is -2.28. The van der Waals surface area contributed by atoms with E-state index < -0.39 is 0 Å². The van der Waals surface area contributed by atoms with Gasteiger partial charge >= 0.3 is 0 Å². The topological polar surface area (TPSA) is 24.1 Å². The molecule has 2 aromatic carbocycles. The van der Waals surface area contributed by atoms with Gasteiger partial charge in [0, 0.05) is 17.8 Å². The van der Waals surface area contributed by atoms with Crippen LogP contribution in [-0.2, 0) is 6.42 Å². The standard InChI is InChI=1S/C32H47N.C5H11N/c1-8-11-15-26(6)30(21-25(5)20-24(4)9-2)22-27(7)33-31(10-3)23-29-18-14-17-28-16-12-13-19-32(28)29;1-4-5(2)6-3/h10,12-14,16-19,24,26,30-31,33H,3,5,7-9,11,15,20-23H2,1-2,4,6H3;4-6H,1H2,2-3H3/t24?,26?,30?,31-;/m1./s1. The van der Waals surface area contributed by atoms with Crippen LogP contribution in [0.3, 0.4) is 0 Å². The van der Waals surface area contributed by atoms with E-state index in [9.17, 15) is 0 Å². The van der Waals surface area contributed by atoms with Crippen molar-refractivity contribution in [2.75, 3.05) is 7.05 Å². The predicted octanol–water partition coefficient (Wildman–Crippen LogP) is 10.0. The molecule has 0 saturated heterocycles. The molecule has 5 atom stereocenters. The smallest absolute Gasteiger partial charge is 0.0479 e. The summed E-state index contributed by atoms with van der Waals surface area (Å²) in [4.78, 5) is 0. The molecular weight excluding hydrogens is 472 g/mol. The minimum atomic E-state index is 0.179. The molecule has 216 valence electrons. The maximum atomic E-state index is 4.45. The predicted molar refractivity (Wildman–Crippen MR) is 177 cm³/mol. The summed E-state index contributed by atoms with van der Waals surface area (Å²) in [7, 11) is 1.91. The van der Waals surface area contributed by atoms with Gasteiger partial charge in [0.1, 0.15) is 0 Å². The molecule has 0 fully saturated rings. The van der Waals surface area contributed by atoms with E-state index in [4.69, 9.17) is 0 Å². The van der Waals surface area contributed by atoms with Gasteiger partial charge in [0.25, 0.3) is 0 Å². The van der Waals surface area contributed by atoms with Crippen molar-refractivity contribution in [3.05, 3.63) is 97.8 Å². The monoisotopic (exact) mass is 530 g/mol. The summed E-state index contributed by atoms with van der Waals surface area (Å²) in [6.45, 7) is 27.9. The first kappa shape index (κ1) is 34.4. The van der Waals surface area contributed by atoms with E-state index in [2.05, 4.69) is 107 Å². The first-order chi connectivity index (χ1) is 18.7. The van der Waals surface area contributed by atoms with Gasteiger partial charge in [0.15, 0.2) is 0 Å². The molecule has 0 aliphatic heterocycles. The summed E-state index contributed by atoms with van der Waals surface area (Å²) >= 11 is 0. The van der Waals surface area contributed by atoms with E-state index in [1.807, 2.05) is 26.1 Å². The van der Waals surface area contributed by atoms with E-state index in [1.165, 1.54) is 47.6 Å². The molecular formula is C37H58N2. The molecule has 0 amide bonds. The van der Waals surface area contributed by atoms with E-state index in [-0.39, 0.29) is 6.04 Å². The lowest BCUT2D eigenvalue weighted by Crippen LogP contribution is -2.30. The Morgan fingerprint density at radius 2 is 1.59 bits per heavy atom. The number of fused-ring (bicyclic) bond motifs is 1. The van der Waals surface area contributed by atoms with Gasteiger partial charge in [-0.2, -0.15) is 0 Å². The van der Waals surface area contributed by atoms with Crippen LogP contribution in [-0.4, -0.2) is 19.1 Å². The van der Waals surface area contributed by atoms with E-state index in [1.54, 1.807) is 0 Å². The molecule has 0 radical (unpaired) electrons. The number of unbranched alkanes of at least 4 members (excludes halogenated alkanes) is 1. The second-order valence-corrected chi connectivity index (χ2v) is 11.5. The average Bonchev–Trinajstić information content (AvgIpc) is 2.94. The van der Waals surface area contributed by atoms with Crippen LogP contribution in [0.4, 0.5) is 0 Å². The Labute approximate surface area is 241 Å². The zero-order valence-corrected chi connectivity index (χ0v) is 26.1. The Balaban J connectivity index is 0.00000113. The molecule has 0 bridgehead atoms. The van der Waals surface area contributed by atoms with Crippen molar-refractivity contribution in [3.8, 4) is 0 Å². The normalized spacial score (nSPS) is 14.7. The van der Waals surface area contributed by atoms with E-state index in [0.29, 0.717) is 17.9 Å². The number of rotatable bonds is 18. The van der Waals surface area contributed by atoms with Gasteiger partial charge in [-0.1, -0.05) is 127 Å². The van der Waals surface area contributed by atoms with Crippen LogP contribution >= 0.6 is 0 Å². The SMILES string of the molecule is C=CC(C)NC.C=C[C@H](Cc1cccc2ccccc12)NC(=C)CC(CC(=C)CC(C)CC)C(C)CCCC. The lowest BCUT2D eigenvalue weighted by atomic mass is 9.80. The van der Waals surface area contributed by atoms with Gasteiger partial charge < -0.3 is 10.6 Å². The van der Waals surface area contributed by atoms with Gasteiger partial charge in [-0.05, 0) is 73.7 Å². The molecule has 4 unspecified atom stereocenters. The van der Waals surface area contributed by atoms with Gasteiger partial charge in [-0.25, -0.2) is 0 Å².